The van der Waals surface area contributed by atoms with Crippen molar-refractivity contribution in [2.75, 3.05) is 11.9 Å². The van der Waals surface area contributed by atoms with Crippen molar-refractivity contribution in [1.29, 1.82) is 0 Å². The van der Waals surface area contributed by atoms with Gasteiger partial charge in [0.25, 0.3) is 5.91 Å². The van der Waals surface area contributed by atoms with E-state index in [4.69, 9.17) is 15.6 Å². The van der Waals surface area contributed by atoms with E-state index in [1.54, 1.807) is 0 Å². The third-order valence-electron chi connectivity index (χ3n) is 2.29. The fourth-order valence-electron chi connectivity index (χ4n) is 1.68. The lowest BCUT2D eigenvalue weighted by atomic mass is 10.1. The topological polar surface area (TPSA) is 102 Å². The van der Waals surface area contributed by atoms with Crippen molar-refractivity contribution in [3.05, 3.63) is 16.0 Å². The number of ether oxygens (including phenoxy) is 1. The average Bonchev–Trinajstić information content (AvgIpc) is 2.53. The summed E-state index contributed by atoms with van der Waals surface area (Å²) >= 11 is 1.20. The number of nitrogens with one attached hydrogen (secondary N) is 1. The van der Waals surface area contributed by atoms with E-state index < -0.39 is 12.0 Å². The third kappa shape index (κ3) is 1.86. The van der Waals surface area contributed by atoms with E-state index in [2.05, 4.69) is 5.32 Å². The van der Waals surface area contributed by atoms with Gasteiger partial charge < -0.3 is 15.6 Å². The standard InChI is InChI=1S/C9H10N2O4S/c10-7(12)6-4-1-2-15-3-5(4)16-8(6)11-9(13)14/h11H,1-3H2,(H2,10,12)(H,13,14). The maximum atomic E-state index is 11.3. The molecule has 2 heterocycles. The summed E-state index contributed by atoms with van der Waals surface area (Å²) in [7, 11) is 0. The highest BCUT2D eigenvalue weighted by atomic mass is 32.1. The number of thiophene rings is 1. The van der Waals surface area contributed by atoms with Crippen molar-refractivity contribution < 1.29 is 19.4 Å². The molecule has 1 aromatic heterocycles. The fraction of sp³-hybridized carbons (Fsp3) is 0.333. The zero-order valence-electron chi connectivity index (χ0n) is 8.28. The van der Waals surface area contributed by atoms with Gasteiger partial charge in [-0.3, -0.25) is 10.1 Å². The second-order valence-corrected chi connectivity index (χ2v) is 4.41. The molecule has 0 aromatic carbocycles. The fourth-order valence-corrected chi connectivity index (χ4v) is 2.86. The second kappa shape index (κ2) is 4.11. The van der Waals surface area contributed by atoms with Crippen molar-refractivity contribution in [2.24, 2.45) is 5.73 Å². The lowest BCUT2D eigenvalue weighted by molar-refractivity contribution is 0.0991. The van der Waals surface area contributed by atoms with Crippen LogP contribution in [0.3, 0.4) is 0 Å². The van der Waals surface area contributed by atoms with E-state index in [0.29, 0.717) is 19.6 Å². The Bertz CT molecular complexity index is 455. The Balaban J connectivity index is 2.47. The highest BCUT2D eigenvalue weighted by molar-refractivity contribution is 7.17. The van der Waals surface area contributed by atoms with Gasteiger partial charge in [0.1, 0.15) is 5.00 Å². The van der Waals surface area contributed by atoms with Gasteiger partial charge in [-0.1, -0.05) is 0 Å². The molecule has 0 unspecified atom stereocenters. The Labute approximate surface area is 95.0 Å². The number of primary amides is 1. The summed E-state index contributed by atoms with van der Waals surface area (Å²) in [5, 5.41) is 11.1. The summed E-state index contributed by atoms with van der Waals surface area (Å²) in [5.41, 5.74) is 6.35. The molecule has 2 rings (SSSR count). The molecular formula is C9H10N2O4S. The number of carboxylic acid groups (broad SMARTS) is 1. The second-order valence-electron chi connectivity index (χ2n) is 3.30. The van der Waals surface area contributed by atoms with Crippen molar-refractivity contribution in [1.82, 2.24) is 0 Å². The molecule has 4 N–H and O–H groups in total. The van der Waals surface area contributed by atoms with Crippen LogP contribution >= 0.6 is 11.3 Å². The van der Waals surface area contributed by atoms with Gasteiger partial charge in [-0.2, -0.15) is 0 Å². The first-order valence-corrected chi connectivity index (χ1v) is 5.43. The van der Waals surface area contributed by atoms with Crippen LogP contribution in [0.15, 0.2) is 0 Å². The molecular weight excluding hydrogens is 232 g/mol. The normalized spacial score (nSPS) is 14.2. The lowest BCUT2D eigenvalue weighted by Gasteiger charge is -2.12. The molecule has 0 saturated carbocycles. The molecule has 0 radical (unpaired) electrons. The van der Waals surface area contributed by atoms with Crippen molar-refractivity contribution >= 4 is 28.3 Å². The van der Waals surface area contributed by atoms with Gasteiger partial charge in [-0.05, 0) is 12.0 Å². The zero-order valence-corrected chi connectivity index (χ0v) is 9.10. The molecule has 0 fully saturated rings. The number of amides is 2. The Kier molecular flexibility index (Phi) is 2.80. The summed E-state index contributed by atoms with van der Waals surface area (Å²) in [4.78, 5) is 22.7. The molecule has 1 aliphatic rings. The first-order valence-electron chi connectivity index (χ1n) is 4.61. The lowest BCUT2D eigenvalue weighted by Crippen LogP contribution is -2.18. The van der Waals surface area contributed by atoms with Crippen LogP contribution in [0.1, 0.15) is 20.8 Å². The molecule has 7 heteroatoms. The van der Waals surface area contributed by atoms with Crippen LogP contribution in [0.2, 0.25) is 0 Å². The molecule has 0 atom stereocenters. The first kappa shape index (κ1) is 10.9. The molecule has 0 saturated heterocycles. The quantitative estimate of drug-likeness (QED) is 0.720. The van der Waals surface area contributed by atoms with Crippen LogP contribution in [0, 0.1) is 0 Å². The number of anilines is 1. The largest absolute Gasteiger partial charge is 0.465 e. The van der Waals surface area contributed by atoms with Gasteiger partial charge in [-0.25, -0.2) is 4.79 Å². The number of carbonyl (C=O) groups excluding carboxylic acids is 1. The SMILES string of the molecule is NC(=O)c1c(NC(=O)O)sc2c1CCOC2. The minimum absolute atomic E-state index is 0.283. The molecule has 0 aliphatic carbocycles. The Morgan fingerprint density at radius 2 is 2.25 bits per heavy atom. The van der Waals surface area contributed by atoms with Crippen LogP contribution < -0.4 is 11.1 Å². The minimum atomic E-state index is -1.21. The Hall–Kier alpha value is -1.60. The van der Waals surface area contributed by atoms with Gasteiger partial charge >= 0.3 is 6.09 Å². The molecule has 0 bridgehead atoms. The smallest absolute Gasteiger partial charge is 0.409 e. The van der Waals surface area contributed by atoms with Crippen molar-refractivity contribution in [3.63, 3.8) is 0 Å². The average molecular weight is 242 g/mol. The zero-order chi connectivity index (χ0) is 11.7. The van der Waals surface area contributed by atoms with Gasteiger partial charge in [0.05, 0.1) is 18.8 Å². The number of nitrogens with two attached hydrogens (primary N) is 1. The molecule has 86 valence electrons. The monoisotopic (exact) mass is 242 g/mol. The van der Waals surface area contributed by atoms with E-state index in [-0.39, 0.29) is 10.6 Å². The molecule has 1 aromatic rings. The highest BCUT2D eigenvalue weighted by Gasteiger charge is 2.25. The molecule has 0 spiro atoms. The van der Waals surface area contributed by atoms with Crippen LogP contribution in [-0.4, -0.2) is 23.7 Å². The predicted octanol–water partition coefficient (Wildman–Crippen LogP) is 1.01. The highest BCUT2D eigenvalue weighted by Crippen LogP contribution is 2.36. The van der Waals surface area contributed by atoms with Gasteiger partial charge in [-0.15, -0.1) is 11.3 Å². The minimum Gasteiger partial charge on any atom is -0.465 e. The van der Waals surface area contributed by atoms with Crippen LogP contribution in [0.4, 0.5) is 9.80 Å². The molecule has 16 heavy (non-hydrogen) atoms. The molecule has 2 amide bonds. The molecule has 6 nitrogen and oxygen atoms in total. The summed E-state index contributed by atoms with van der Waals surface area (Å²) in [6.07, 6.45) is -0.618. The number of fused-ring (bicyclic) bond motifs is 1. The first-order chi connectivity index (χ1) is 7.59. The summed E-state index contributed by atoms with van der Waals surface area (Å²) < 4.78 is 5.23. The summed E-state index contributed by atoms with van der Waals surface area (Å²) in [5.74, 6) is -0.608. The Morgan fingerprint density at radius 3 is 2.88 bits per heavy atom. The summed E-state index contributed by atoms with van der Waals surface area (Å²) in [6, 6.07) is 0. The van der Waals surface area contributed by atoms with E-state index >= 15 is 0 Å². The van der Waals surface area contributed by atoms with E-state index in [1.165, 1.54) is 11.3 Å². The van der Waals surface area contributed by atoms with Crippen LogP contribution in [0.5, 0.6) is 0 Å². The number of carbonyl (C=O) groups is 2. The van der Waals surface area contributed by atoms with Gasteiger partial charge in [0.2, 0.25) is 0 Å². The third-order valence-corrected chi connectivity index (χ3v) is 3.41. The maximum Gasteiger partial charge on any atom is 0.409 e. The Morgan fingerprint density at radius 1 is 1.50 bits per heavy atom. The maximum absolute atomic E-state index is 11.3. The predicted molar refractivity (Wildman–Crippen MR) is 57.8 cm³/mol. The van der Waals surface area contributed by atoms with Gasteiger partial charge in [0, 0.05) is 4.88 Å². The van der Waals surface area contributed by atoms with Crippen LogP contribution in [-0.2, 0) is 17.8 Å². The molecule has 1 aliphatic heterocycles. The van der Waals surface area contributed by atoms with Crippen molar-refractivity contribution in [2.45, 2.75) is 13.0 Å². The summed E-state index contributed by atoms with van der Waals surface area (Å²) in [6.45, 7) is 0.929. The number of rotatable bonds is 2. The number of hydrogen-bond acceptors (Lipinski definition) is 4. The van der Waals surface area contributed by atoms with Gasteiger partial charge in [0.15, 0.2) is 0 Å². The van der Waals surface area contributed by atoms with Crippen LogP contribution in [0.25, 0.3) is 0 Å². The van der Waals surface area contributed by atoms with E-state index in [1.807, 2.05) is 0 Å². The van der Waals surface area contributed by atoms with E-state index in [9.17, 15) is 9.59 Å². The van der Waals surface area contributed by atoms with E-state index in [0.717, 1.165) is 10.4 Å². The van der Waals surface area contributed by atoms with Crippen molar-refractivity contribution in [3.8, 4) is 0 Å². The number of hydrogen-bond donors (Lipinski definition) is 3.